The SMILES string of the molecule is CC1CNCC(c2cc3cccc(C#N)c3nc2C(=O)CC2(N)CC2)C1. The second-order valence-corrected chi connectivity index (χ2v) is 8.07. The Morgan fingerprint density at radius 1 is 1.42 bits per heavy atom. The van der Waals surface area contributed by atoms with E-state index < -0.39 is 0 Å². The molecule has 1 saturated carbocycles. The Bertz CT molecular complexity index is 910. The standard InChI is InChI=1S/C21H24N4O/c1-13-7-16(12-24-11-13)17-8-14-3-2-4-15(10-22)19(14)25-20(17)18(26)9-21(23)5-6-21/h2-4,8,13,16,24H,5-7,9,11-12,23H2,1H3. The van der Waals surface area contributed by atoms with E-state index in [9.17, 15) is 10.1 Å². The first-order chi connectivity index (χ1) is 12.5. The van der Waals surface area contributed by atoms with Gasteiger partial charge in [0, 0.05) is 23.9 Å². The zero-order valence-electron chi connectivity index (χ0n) is 15.1. The predicted molar refractivity (Wildman–Crippen MR) is 101 cm³/mol. The smallest absolute Gasteiger partial charge is 0.183 e. The van der Waals surface area contributed by atoms with E-state index in [1.54, 1.807) is 6.07 Å². The molecule has 1 aliphatic heterocycles. The molecule has 2 fully saturated rings. The molecule has 2 unspecified atom stereocenters. The molecule has 1 aliphatic carbocycles. The van der Waals surface area contributed by atoms with Crippen LogP contribution < -0.4 is 11.1 Å². The molecule has 0 radical (unpaired) electrons. The average molecular weight is 348 g/mol. The topological polar surface area (TPSA) is 91.8 Å². The van der Waals surface area contributed by atoms with Crippen LogP contribution in [0.3, 0.4) is 0 Å². The third-order valence-corrected chi connectivity index (χ3v) is 5.67. The number of pyridine rings is 1. The van der Waals surface area contributed by atoms with E-state index in [0.717, 1.165) is 43.3 Å². The number of nitrogens with zero attached hydrogens (tertiary/aromatic N) is 2. The van der Waals surface area contributed by atoms with Crippen molar-refractivity contribution in [1.82, 2.24) is 10.3 Å². The summed E-state index contributed by atoms with van der Waals surface area (Å²) in [5.41, 5.74) is 8.47. The average Bonchev–Trinajstić information content (AvgIpc) is 3.36. The number of nitriles is 1. The van der Waals surface area contributed by atoms with E-state index in [1.165, 1.54) is 0 Å². The number of ketones is 1. The largest absolute Gasteiger partial charge is 0.325 e. The van der Waals surface area contributed by atoms with Crippen LogP contribution in [0.2, 0.25) is 0 Å². The van der Waals surface area contributed by atoms with Crippen molar-refractivity contribution in [2.75, 3.05) is 13.1 Å². The lowest BCUT2D eigenvalue weighted by Gasteiger charge is -2.29. The molecule has 134 valence electrons. The maximum atomic E-state index is 13.0. The molecular weight excluding hydrogens is 324 g/mol. The molecule has 2 atom stereocenters. The Labute approximate surface area is 153 Å². The molecule has 1 saturated heterocycles. The highest BCUT2D eigenvalue weighted by Crippen LogP contribution is 2.38. The van der Waals surface area contributed by atoms with Crippen molar-refractivity contribution in [3.8, 4) is 6.07 Å². The minimum atomic E-state index is -0.349. The molecule has 2 heterocycles. The number of hydrogen-bond acceptors (Lipinski definition) is 5. The van der Waals surface area contributed by atoms with Crippen LogP contribution >= 0.6 is 0 Å². The van der Waals surface area contributed by atoms with Gasteiger partial charge in [0.15, 0.2) is 5.78 Å². The highest BCUT2D eigenvalue weighted by Gasteiger charge is 2.41. The number of aromatic nitrogens is 1. The molecule has 1 aromatic carbocycles. The van der Waals surface area contributed by atoms with Gasteiger partial charge in [0.2, 0.25) is 0 Å². The summed E-state index contributed by atoms with van der Waals surface area (Å²) in [6, 6.07) is 9.84. The van der Waals surface area contributed by atoms with Crippen LogP contribution in [0.15, 0.2) is 24.3 Å². The number of hydrogen-bond donors (Lipinski definition) is 2. The van der Waals surface area contributed by atoms with Crippen LogP contribution in [0.1, 0.15) is 60.1 Å². The van der Waals surface area contributed by atoms with E-state index in [2.05, 4.69) is 24.4 Å². The van der Waals surface area contributed by atoms with E-state index in [4.69, 9.17) is 10.7 Å². The summed E-state index contributed by atoms with van der Waals surface area (Å²) in [5, 5.41) is 13.8. The van der Waals surface area contributed by atoms with Gasteiger partial charge in [-0.25, -0.2) is 4.98 Å². The zero-order valence-corrected chi connectivity index (χ0v) is 15.1. The number of benzene rings is 1. The summed E-state index contributed by atoms with van der Waals surface area (Å²) in [6.45, 7) is 4.08. The fraction of sp³-hybridized carbons (Fsp3) is 0.476. The van der Waals surface area contributed by atoms with Crippen molar-refractivity contribution in [2.24, 2.45) is 11.7 Å². The fourth-order valence-corrected chi connectivity index (χ4v) is 3.97. The first-order valence-electron chi connectivity index (χ1n) is 9.36. The Kier molecular flexibility index (Phi) is 4.26. The van der Waals surface area contributed by atoms with E-state index in [1.807, 2.05) is 12.1 Å². The normalized spacial score (nSPS) is 24.2. The molecule has 4 rings (SSSR count). The quantitative estimate of drug-likeness (QED) is 0.829. The number of para-hydroxylation sites is 1. The molecule has 5 nitrogen and oxygen atoms in total. The zero-order chi connectivity index (χ0) is 18.3. The maximum absolute atomic E-state index is 13.0. The highest BCUT2D eigenvalue weighted by atomic mass is 16.1. The molecule has 2 aliphatic rings. The minimum Gasteiger partial charge on any atom is -0.325 e. The molecule has 0 bridgehead atoms. The van der Waals surface area contributed by atoms with E-state index in [-0.39, 0.29) is 17.2 Å². The van der Waals surface area contributed by atoms with Crippen LogP contribution in [0.4, 0.5) is 0 Å². The second kappa shape index (κ2) is 6.46. The van der Waals surface area contributed by atoms with Crippen molar-refractivity contribution < 1.29 is 4.79 Å². The lowest BCUT2D eigenvalue weighted by Crippen LogP contribution is -2.35. The van der Waals surface area contributed by atoms with Gasteiger partial charge in [-0.3, -0.25) is 4.79 Å². The predicted octanol–water partition coefficient (Wildman–Crippen LogP) is 2.88. The number of Topliss-reactive ketones (excluding diaryl/α,β-unsaturated/α-hetero) is 1. The monoisotopic (exact) mass is 348 g/mol. The number of nitrogens with two attached hydrogens (primary N) is 1. The fourth-order valence-electron chi connectivity index (χ4n) is 3.97. The lowest BCUT2D eigenvalue weighted by atomic mass is 9.84. The van der Waals surface area contributed by atoms with E-state index >= 15 is 0 Å². The third kappa shape index (κ3) is 3.23. The first kappa shape index (κ1) is 17.1. The number of carbonyl (C=O) groups is 1. The van der Waals surface area contributed by atoms with Gasteiger partial charge < -0.3 is 11.1 Å². The highest BCUT2D eigenvalue weighted by molar-refractivity contribution is 6.00. The van der Waals surface area contributed by atoms with Crippen molar-refractivity contribution in [1.29, 1.82) is 5.26 Å². The molecule has 26 heavy (non-hydrogen) atoms. The molecular formula is C21H24N4O. The van der Waals surface area contributed by atoms with Crippen LogP contribution in [0.5, 0.6) is 0 Å². The number of piperidine rings is 1. The van der Waals surface area contributed by atoms with Crippen molar-refractivity contribution >= 4 is 16.7 Å². The summed E-state index contributed by atoms with van der Waals surface area (Å²) in [6.07, 6.45) is 3.16. The van der Waals surface area contributed by atoms with Crippen LogP contribution in [0, 0.1) is 17.2 Å². The Hall–Kier alpha value is -2.29. The molecule has 0 spiro atoms. The van der Waals surface area contributed by atoms with Gasteiger partial charge in [0.1, 0.15) is 11.8 Å². The Balaban J connectivity index is 1.83. The van der Waals surface area contributed by atoms with Gasteiger partial charge in [-0.15, -0.1) is 0 Å². The van der Waals surface area contributed by atoms with E-state index in [0.29, 0.717) is 29.1 Å². The van der Waals surface area contributed by atoms with Crippen LogP contribution in [-0.4, -0.2) is 29.4 Å². The first-order valence-corrected chi connectivity index (χ1v) is 9.36. The van der Waals surface area contributed by atoms with Gasteiger partial charge in [-0.05, 0) is 55.3 Å². The summed E-state index contributed by atoms with van der Waals surface area (Å²) in [4.78, 5) is 17.7. The van der Waals surface area contributed by atoms with Crippen LogP contribution in [-0.2, 0) is 0 Å². The molecule has 2 aromatic rings. The minimum absolute atomic E-state index is 0.00729. The number of carbonyl (C=O) groups excluding carboxylic acids is 1. The van der Waals surface area contributed by atoms with Gasteiger partial charge in [0.25, 0.3) is 0 Å². The molecule has 0 amide bonds. The summed E-state index contributed by atoms with van der Waals surface area (Å²) >= 11 is 0. The van der Waals surface area contributed by atoms with Crippen LogP contribution in [0.25, 0.3) is 10.9 Å². The van der Waals surface area contributed by atoms with Crippen molar-refractivity contribution in [3.05, 3.63) is 41.1 Å². The number of rotatable bonds is 4. The summed E-state index contributed by atoms with van der Waals surface area (Å²) in [5.74, 6) is 0.822. The molecule has 5 heteroatoms. The van der Waals surface area contributed by atoms with Crippen molar-refractivity contribution in [2.45, 2.75) is 44.1 Å². The number of nitrogens with one attached hydrogen (secondary N) is 1. The maximum Gasteiger partial charge on any atom is 0.183 e. The van der Waals surface area contributed by atoms with Gasteiger partial charge in [-0.1, -0.05) is 19.1 Å². The molecule has 3 N–H and O–H groups in total. The Morgan fingerprint density at radius 2 is 2.23 bits per heavy atom. The summed E-state index contributed by atoms with van der Waals surface area (Å²) < 4.78 is 0. The molecule has 1 aromatic heterocycles. The van der Waals surface area contributed by atoms with Gasteiger partial charge >= 0.3 is 0 Å². The Morgan fingerprint density at radius 3 is 2.92 bits per heavy atom. The third-order valence-electron chi connectivity index (χ3n) is 5.67. The van der Waals surface area contributed by atoms with Crippen molar-refractivity contribution in [3.63, 3.8) is 0 Å². The summed E-state index contributed by atoms with van der Waals surface area (Å²) in [7, 11) is 0. The number of fused-ring (bicyclic) bond motifs is 1. The second-order valence-electron chi connectivity index (χ2n) is 8.07. The van der Waals surface area contributed by atoms with Gasteiger partial charge in [0.05, 0.1) is 11.1 Å². The van der Waals surface area contributed by atoms with Gasteiger partial charge in [-0.2, -0.15) is 5.26 Å². The lowest BCUT2D eigenvalue weighted by molar-refractivity contribution is 0.0965.